The van der Waals surface area contributed by atoms with Crippen molar-refractivity contribution in [3.63, 3.8) is 0 Å². The van der Waals surface area contributed by atoms with E-state index in [0.29, 0.717) is 8.63 Å². The van der Waals surface area contributed by atoms with Crippen LogP contribution in [-0.2, 0) is 4.84 Å². The van der Waals surface area contributed by atoms with Gasteiger partial charge in [0.1, 0.15) is 35.4 Å². The fourth-order valence-corrected chi connectivity index (χ4v) is 2.91. The molecule has 1 heterocycles. The number of rotatable bonds is 7. The Hall–Kier alpha value is -2.35. The first-order valence-corrected chi connectivity index (χ1v) is 8.93. The highest BCUT2D eigenvalue weighted by Gasteiger charge is 2.28. The lowest BCUT2D eigenvalue weighted by Crippen LogP contribution is -2.30. The van der Waals surface area contributed by atoms with Gasteiger partial charge in [0, 0.05) is 3.57 Å². The van der Waals surface area contributed by atoms with Crippen LogP contribution in [0.5, 0.6) is 0 Å². The second kappa shape index (κ2) is 8.34. The first kappa shape index (κ1) is 20.4. The quantitative estimate of drug-likeness (QED) is 0.333. The summed E-state index contributed by atoms with van der Waals surface area (Å²) in [5.74, 6) is -2.83. The van der Waals surface area contributed by atoms with Crippen LogP contribution >= 0.6 is 22.6 Å². The van der Waals surface area contributed by atoms with E-state index in [4.69, 9.17) is 20.1 Å². The number of aliphatic hydroxyl groups is 2. The number of nitrogens with two attached hydrogens (primary N) is 1. The van der Waals surface area contributed by atoms with Gasteiger partial charge in [0.2, 0.25) is 0 Å². The number of amides is 1. The number of hydrogen-bond donors (Lipinski definition) is 3. The molecule has 0 radical (unpaired) electrons. The van der Waals surface area contributed by atoms with Crippen molar-refractivity contribution in [3.8, 4) is 0 Å². The number of primary amides is 1. The Morgan fingerprint density at radius 2 is 2.14 bits per heavy atom. The minimum atomic E-state index is -1.33. The lowest BCUT2D eigenvalue weighted by atomic mass is 10.1. The Bertz CT molecular complexity index is 1030. The van der Waals surface area contributed by atoms with E-state index >= 15 is 4.39 Å². The molecule has 0 aliphatic carbocycles. The van der Waals surface area contributed by atoms with Gasteiger partial charge in [0.05, 0.1) is 12.2 Å². The van der Waals surface area contributed by atoms with Gasteiger partial charge < -0.3 is 20.4 Å². The highest BCUT2D eigenvalue weighted by Crippen LogP contribution is 2.37. The van der Waals surface area contributed by atoms with Crippen LogP contribution in [0.4, 0.5) is 20.2 Å². The van der Waals surface area contributed by atoms with Crippen molar-refractivity contribution >= 4 is 51.0 Å². The predicted molar refractivity (Wildman–Crippen MR) is 103 cm³/mol. The number of aromatic nitrogens is 1. The van der Waals surface area contributed by atoms with E-state index in [0.717, 1.165) is 12.5 Å². The average molecular weight is 505 g/mol. The maximum Gasteiger partial charge on any atom is 0.251 e. The van der Waals surface area contributed by atoms with E-state index in [-0.39, 0.29) is 22.4 Å². The number of anilines is 2. The first-order chi connectivity index (χ1) is 13.3. The Labute approximate surface area is 170 Å². The molecule has 3 aromatic rings. The van der Waals surface area contributed by atoms with E-state index in [1.165, 1.54) is 18.2 Å². The fourth-order valence-electron chi connectivity index (χ4n) is 2.45. The number of oxazole rings is 1. The van der Waals surface area contributed by atoms with Crippen LogP contribution in [-0.4, -0.2) is 40.4 Å². The Morgan fingerprint density at radius 1 is 1.39 bits per heavy atom. The topological polar surface area (TPSA) is 122 Å². The van der Waals surface area contributed by atoms with E-state index < -0.39 is 42.5 Å². The second-order valence-electron chi connectivity index (χ2n) is 5.67. The van der Waals surface area contributed by atoms with Crippen molar-refractivity contribution < 1.29 is 33.0 Å². The van der Waals surface area contributed by atoms with Crippen molar-refractivity contribution in [1.82, 2.24) is 4.98 Å². The van der Waals surface area contributed by atoms with Gasteiger partial charge in [-0.25, -0.2) is 18.8 Å². The highest BCUT2D eigenvalue weighted by atomic mass is 127. The zero-order valence-corrected chi connectivity index (χ0v) is 16.3. The monoisotopic (exact) mass is 505 g/mol. The van der Waals surface area contributed by atoms with E-state index in [1.807, 2.05) is 22.6 Å². The summed E-state index contributed by atoms with van der Waals surface area (Å²) in [7, 11) is 0. The van der Waals surface area contributed by atoms with Gasteiger partial charge in [-0.2, -0.15) is 0 Å². The number of nitrogens with zero attached hydrogens (tertiary/aromatic N) is 2. The maximum atomic E-state index is 15.2. The van der Waals surface area contributed by atoms with Crippen molar-refractivity contribution in [3.05, 3.63) is 51.4 Å². The van der Waals surface area contributed by atoms with Crippen LogP contribution < -0.4 is 10.8 Å². The summed E-state index contributed by atoms with van der Waals surface area (Å²) in [6, 6.07) is 5.17. The van der Waals surface area contributed by atoms with Gasteiger partial charge >= 0.3 is 0 Å². The summed E-state index contributed by atoms with van der Waals surface area (Å²) in [5, 5.41) is 19.3. The number of aliphatic hydroxyl groups excluding tert-OH is 2. The van der Waals surface area contributed by atoms with Crippen LogP contribution in [0.15, 0.2) is 35.1 Å². The zero-order chi connectivity index (χ0) is 20.4. The Morgan fingerprint density at radius 3 is 2.79 bits per heavy atom. The summed E-state index contributed by atoms with van der Waals surface area (Å²) in [4.78, 5) is 21.0. The molecule has 1 atom stereocenters. The maximum absolute atomic E-state index is 15.2. The summed E-state index contributed by atoms with van der Waals surface area (Å²) < 4.78 is 35.4. The van der Waals surface area contributed by atoms with Gasteiger partial charge in [0.25, 0.3) is 5.91 Å². The lowest BCUT2D eigenvalue weighted by molar-refractivity contribution is 0.00524. The molecule has 8 nitrogen and oxygen atoms in total. The summed E-state index contributed by atoms with van der Waals surface area (Å²) >= 11 is 1.89. The second-order valence-corrected chi connectivity index (χ2v) is 6.92. The number of carbonyl (C=O) groups excluding carboxylic acids is 1. The molecule has 1 aromatic heterocycles. The number of hydrogen-bond acceptors (Lipinski definition) is 7. The van der Waals surface area contributed by atoms with Crippen molar-refractivity contribution in [2.75, 3.05) is 18.3 Å². The molecule has 0 spiro atoms. The molecule has 4 N–H and O–H groups in total. The molecule has 0 bridgehead atoms. The van der Waals surface area contributed by atoms with Crippen LogP contribution in [0, 0.1) is 15.2 Å². The standard InChI is InChI=1S/C17H14F2IN3O5/c18-11-3-8(20)1-2-12(11)23(28-6-9(25)5-24)16-10(17(21)26)4-13-15(14(16)19)22-7-27-13/h1-4,7,9,24-25H,5-6H2,(H2,21,26). The van der Waals surface area contributed by atoms with Gasteiger partial charge in [0.15, 0.2) is 17.8 Å². The highest BCUT2D eigenvalue weighted by molar-refractivity contribution is 14.1. The molecular formula is C17H14F2IN3O5. The van der Waals surface area contributed by atoms with Crippen LogP contribution in [0.1, 0.15) is 10.4 Å². The Balaban J connectivity index is 2.23. The number of carbonyl (C=O) groups is 1. The van der Waals surface area contributed by atoms with E-state index in [9.17, 15) is 14.3 Å². The summed E-state index contributed by atoms with van der Waals surface area (Å²) in [6.07, 6.45) is -0.348. The average Bonchev–Trinajstić information content (AvgIpc) is 3.12. The molecular weight excluding hydrogens is 491 g/mol. The molecule has 0 saturated heterocycles. The Kier molecular flexibility index (Phi) is 6.07. The fraction of sp³-hybridized carbons (Fsp3) is 0.176. The molecule has 1 amide bonds. The number of halogens is 3. The molecule has 0 fully saturated rings. The molecule has 28 heavy (non-hydrogen) atoms. The third-order valence-corrected chi connectivity index (χ3v) is 4.42. The molecule has 0 aliphatic rings. The molecule has 11 heteroatoms. The van der Waals surface area contributed by atoms with Crippen LogP contribution in [0.2, 0.25) is 0 Å². The first-order valence-electron chi connectivity index (χ1n) is 7.86. The smallest absolute Gasteiger partial charge is 0.251 e. The van der Waals surface area contributed by atoms with Crippen molar-refractivity contribution in [2.24, 2.45) is 5.73 Å². The zero-order valence-electron chi connectivity index (χ0n) is 14.1. The summed E-state index contributed by atoms with van der Waals surface area (Å²) in [6.45, 7) is -1.16. The van der Waals surface area contributed by atoms with E-state index in [2.05, 4.69) is 4.98 Å². The molecule has 0 aliphatic heterocycles. The SMILES string of the molecule is NC(=O)c1cc2ocnc2c(F)c1N(OCC(O)CO)c1ccc(I)cc1F. The van der Waals surface area contributed by atoms with Crippen LogP contribution in [0.25, 0.3) is 11.1 Å². The third-order valence-electron chi connectivity index (χ3n) is 3.75. The van der Waals surface area contributed by atoms with E-state index in [1.54, 1.807) is 0 Å². The van der Waals surface area contributed by atoms with Crippen molar-refractivity contribution in [2.45, 2.75) is 6.10 Å². The number of benzene rings is 2. The molecule has 148 valence electrons. The molecule has 0 saturated carbocycles. The lowest BCUT2D eigenvalue weighted by Gasteiger charge is -2.27. The van der Waals surface area contributed by atoms with Crippen LogP contribution in [0.3, 0.4) is 0 Å². The minimum Gasteiger partial charge on any atom is -0.443 e. The van der Waals surface area contributed by atoms with Crippen molar-refractivity contribution in [1.29, 1.82) is 0 Å². The van der Waals surface area contributed by atoms with Gasteiger partial charge in [-0.3, -0.25) is 9.63 Å². The van der Waals surface area contributed by atoms with Gasteiger partial charge in [-0.1, -0.05) is 0 Å². The molecule has 3 rings (SSSR count). The predicted octanol–water partition coefficient (Wildman–Crippen LogP) is 2.23. The third kappa shape index (κ3) is 3.92. The molecule has 2 aromatic carbocycles. The number of fused-ring (bicyclic) bond motifs is 1. The molecule has 1 unspecified atom stereocenters. The van der Waals surface area contributed by atoms with Gasteiger partial charge in [-0.05, 0) is 46.9 Å². The summed E-state index contributed by atoms with van der Waals surface area (Å²) in [5.41, 5.74) is 4.02. The largest absolute Gasteiger partial charge is 0.443 e. The minimum absolute atomic E-state index is 0.0338. The van der Waals surface area contributed by atoms with Gasteiger partial charge in [-0.15, -0.1) is 0 Å². The normalized spacial score (nSPS) is 12.3.